The number of nitrogens with zero attached hydrogens (tertiary/aromatic N) is 1. The van der Waals surface area contributed by atoms with E-state index in [2.05, 4.69) is 15.9 Å². The van der Waals surface area contributed by atoms with Crippen molar-refractivity contribution >= 4 is 39.1 Å². The molecule has 0 aromatic heterocycles. The molecule has 2 atom stereocenters. The minimum atomic E-state index is -0.135. The summed E-state index contributed by atoms with van der Waals surface area (Å²) in [4.78, 5) is 26.1. The fraction of sp³-hybridized carbons (Fsp3) is 0.429. The van der Waals surface area contributed by atoms with Crippen LogP contribution in [0.1, 0.15) is 25.7 Å². The second-order valence-corrected chi connectivity index (χ2v) is 6.13. The molecule has 1 saturated carbocycles. The molecule has 5 heteroatoms. The molecule has 0 bridgehead atoms. The van der Waals surface area contributed by atoms with Crippen LogP contribution in [0.5, 0.6) is 0 Å². The maximum absolute atomic E-state index is 12.4. The number of imide groups is 1. The van der Waals surface area contributed by atoms with Crippen molar-refractivity contribution in [3.63, 3.8) is 0 Å². The number of hydrogen-bond acceptors (Lipinski definition) is 3. The predicted octanol–water partition coefficient (Wildman–Crippen LogP) is 2.71. The highest BCUT2D eigenvalue weighted by Gasteiger charge is 2.49. The molecule has 2 amide bonds. The van der Waals surface area contributed by atoms with Crippen molar-refractivity contribution in [3.05, 3.63) is 22.7 Å². The molecular formula is C14H15BrN2O2. The van der Waals surface area contributed by atoms with Crippen LogP contribution in [0.4, 0.5) is 11.4 Å². The molecular weight excluding hydrogens is 308 g/mol. The number of carbonyl (C=O) groups excluding carboxylic acids is 2. The summed E-state index contributed by atoms with van der Waals surface area (Å²) in [6.45, 7) is 0. The number of nitrogen functional groups attached to an aromatic ring is 1. The molecule has 2 aliphatic rings. The molecule has 1 aliphatic carbocycles. The number of nitrogens with two attached hydrogens (primary N) is 1. The van der Waals surface area contributed by atoms with Gasteiger partial charge in [0.05, 0.1) is 23.2 Å². The van der Waals surface area contributed by atoms with Crippen molar-refractivity contribution in [2.75, 3.05) is 10.6 Å². The Hall–Kier alpha value is -1.36. The summed E-state index contributed by atoms with van der Waals surface area (Å²) >= 11 is 3.33. The summed E-state index contributed by atoms with van der Waals surface area (Å²) < 4.78 is 0.838. The van der Waals surface area contributed by atoms with Gasteiger partial charge in [-0.15, -0.1) is 0 Å². The zero-order valence-electron chi connectivity index (χ0n) is 10.4. The number of amides is 2. The molecule has 1 heterocycles. The summed E-state index contributed by atoms with van der Waals surface area (Å²) in [7, 11) is 0. The van der Waals surface area contributed by atoms with Crippen LogP contribution in [0.25, 0.3) is 0 Å². The Morgan fingerprint density at radius 1 is 1.11 bits per heavy atom. The van der Waals surface area contributed by atoms with E-state index in [0.717, 1.165) is 30.2 Å². The summed E-state index contributed by atoms with van der Waals surface area (Å²) in [5.74, 6) is -0.430. The fourth-order valence-corrected chi connectivity index (χ4v) is 3.51. The van der Waals surface area contributed by atoms with Crippen LogP contribution in [0.2, 0.25) is 0 Å². The van der Waals surface area contributed by atoms with Gasteiger partial charge < -0.3 is 5.73 Å². The SMILES string of the molecule is Nc1cc(Br)ccc1N1C(=O)C2CCCCC2C1=O. The molecule has 1 saturated heterocycles. The first-order valence-corrected chi connectivity index (χ1v) is 7.31. The number of benzene rings is 1. The van der Waals surface area contributed by atoms with Gasteiger partial charge in [-0.05, 0) is 31.0 Å². The maximum Gasteiger partial charge on any atom is 0.237 e. The van der Waals surface area contributed by atoms with Crippen LogP contribution < -0.4 is 10.6 Å². The fourth-order valence-electron chi connectivity index (χ4n) is 3.13. The third-order valence-corrected chi connectivity index (χ3v) is 4.56. The van der Waals surface area contributed by atoms with Gasteiger partial charge in [-0.3, -0.25) is 9.59 Å². The maximum atomic E-state index is 12.4. The number of rotatable bonds is 1. The topological polar surface area (TPSA) is 63.4 Å². The van der Waals surface area contributed by atoms with E-state index in [9.17, 15) is 9.59 Å². The Morgan fingerprint density at radius 3 is 2.21 bits per heavy atom. The van der Waals surface area contributed by atoms with Gasteiger partial charge in [0, 0.05) is 4.47 Å². The Labute approximate surface area is 120 Å². The molecule has 1 aliphatic heterocycles. The Morgan fingerprint density at radius 2 is 1.68 bits per heavy atom. The van der Waals surface area contributed by atoms with Crippen LogP contribution >= 0.6 is 15.9 Å². The highest BCUT2D eigenvalue weighted by molar-refractivity contribution is 9.10. The quantitative estimate of drug-likeness (QED) is 0.638. The predicted molar refractivity (Wildman–Crippen MR) is 76.5 cm³/mol. The molecule has 2 N–H and O–H groups in total. The van der Waals surface area contributed by atoms with E-state index >= 15 is 0 Å². The van der Waals surface area contributed by atoms with Crippen molar-refractivity contribution in [2.24, 2.45) is 11.8 Å². The van der Waals surface area contributed by atoms with Crippen molar-refractivity contribution in [2.45, 2.75) is 25.7 Å². The average Bonchev–Trinajstić information content (AvgIpc) is 2.64. The van der Waals surface area contributed by atoms with Crippen molar-refractivity contribution in [3.8, 4) is 0 Å². The normalized spacial score (nSPS) is 26.7. The number of hydrogen-bond donors (Lipinski definition) is 1. The van der Waals surface area contributed by atoms with Gasteiger partial charge in [-0.1, -0.05) is 28.8 Å². The Kier molecular flexibility index (Phi) is 3.09. The monoisotopic (exact) mass is 322 g/mol. The van der Waals surface area contributed by atoms with Gasteiger partial charge in [0.1, 0.15) is 0 Å². The van der Waals surface area contributed by atoms with Crippen LogP contribution in [0.3, 0.4) is 0 Å². The van der Waals surface area contributed by atoms with Crippen LogP contribution in [0, 0.1) is 11.8 Å². The van der Waals surface area contributed by atoms with E-state index in [4.69, 9.17) is 5.73 Å². The van der Waals surface area contributed by atoms with Gasteiger partial charge in [0.15, 0.2) is 0 Å². The zero-order valence-corrected chi connectivity index (χ0v) is 12.0. The molecule has 4 nitrogen and oxygen atoms in total. The molecule has 100 valence electrons. The first-order chi connectivity index (χ1) is 9.09. The molecule has 2 unspecified atom stereocenters. The van der Waals surface area contributed by atoms with Crippen molar-refractivity contribution < 1.29 is 9.59 Å². The van der Waals surface area contributed by atoms with Gasteiger partial charge >= 0.3 is 0 Å². The van der Waals surface area contributed by atoms with Crippen LogP contribution in [0.15, 0.2) is 22.7 Å². The van der Waals surface area contributed by atoms with Gasteiger partial charge in [0.2, 0.25) is 11.8 Å². The lowest BCUT2D eigenvalue weighted by atomic mass is 9.81. The largest absolute Gasteiger partial charge is 0.397 e. The molecule has 19 heavy (non-hydrogen) atoms. The van der Waals surface area contributed by atoms with E-state index in [-0.39, 0.29) is 23.7 Å². The van der Waals surface area contributed by atoms with Crippen LogP contribution in [-0.4, -0.2) is 11.8 Å². The van der Waals surface area contributed by atoms with E-state index in [1.54, 1.807) is 18.2 Å². The lowest BCUT2D eigenvalue weighted by Crippen LogP contribution is -2.31. The lowest BCUT2D eigenvalue weighted by Gasteiger charge is -2.19. The number of anilines is 2. The standard InChI is InChI=1S/C14H15BrN2O2/c15-8-5-6-12(11(16)7-8)17-13(18)9-3-1-2-4-10(9)14(17)19/h5-7,9-10H,1-4,16H2. The third kappa shape index (κ3) is 1.96. The Balaban J connectivity index is 2.00. The number of carbonyl (C=O) groups is 2. The summed E-state index contributed by atoms with van der Waals surface area (Å²) in [6, 6.07) is 5.25. The van der Waals surface area contributed by atoms with Crippen molar-refractivity contribution in [1.29, 1.82) is 0 Å². The molecule has 1 aromatic rings. The lowest BCUT2D eigenvalue weighted by molar-refractivity contribution is -0.122. The van der Waals surface area contributed by atoms with E-state index in [1.165, 1.54) is 4.90 Å². The second kappa shape index (κ2) is 4.63. The van der Waals surface area contributed by atoms with Crippen LogP contribution in [-0.2, 0) is 9.59 Å². The van der Waals surface area contributed by atoms with Crippen molar-refractivity contribution in [1.82, 2.24) is 0 Å². The molecule has 3 rings (SSSR count). The highest BCUT2D eigenvalue weighted by atomic mass is 79.9. The number of fused-ring (bicyclic) bond motifs is 1. The first-order valence-electron chi connectivity index (χ1n) is 6.52. The summed E-state index contributed by atoms with van der Waals surface area (Å²) in [5.41, 5.74) is 6.91. The Bertz CT molecular complexity index is 534. The number of halogens is 1. The smallest absolute Gasteiger partial charge is 0.237 e. The minimum Gasteiger partial charge on any atom is -0.397 e. The summed E-state index contributed by atoms with van der Waals surface area (Å²) in [6.07, 6.45) is 3.71. The highest BCUT2D eigenvalue weighted by Crippen LogP contribution is 2.41. The average molecular weight is 323 g/mol. The van der Waals surface area contributed by atoms with Gasteiger partial charge in [-0.2, -0.15) is 0 Å². The van der Waals surface area contributed by atoms with Gasteiger partial charge in [-0.25, -0.2) is 4.90 Å². The molecule has 2 fully saturated rings. The molecule has 0 spiro atoms. The first kappa shape index (κ1) is 12.7. The zero-order chi connectivity index (χ0) is 13.6. The van der Waals surface area contributed by atoms with E-state index < -0.39 is 0 Å². The molecule has 1 aromatic carbocycles. The second-order valence-electron chi connectivity index (χ2n) is 5.21. The van der Waals surface area contributed by atoms with E-state index in [1.807, 2.05) is 0 Å². The van der Waals surface area contributed by atoms with E-state index in [0.29, 0.717) is 11.4 Å². The molecule has 0 radical (unpaired) electrons. The third-order valence-electron chi connectivity index (χ3n) is 4.07. The summed E-state index contributed by atoms with van der Waals surface area (Å²) in [5, 5.41) is 0. The minimum absolute atomic E-state index is 0.0799. The van der Waals surface area contributed by atoms with Gasteiger partial charge in [0.25, 0.3) is 0 Å².